The number of nitrogens with one attached hydrogen (secondary N) is 1. The van der Waals surface area contributed by atoms with Gasteiger partial charge in [-0.3, -0.25) is 9.89 Å². The lowest BCUT2D eigenvalue weighted by Crippen LogP contribution is -2.49. The van der Waals surface area contributed by atoms with E-state index >= 15 is 0 Å². The van der Waals surface area contributed by atoms with Crippen molar-refractivity contribution in [1.29, 1.82) is 0 Å². The highest BCUT2D eigenvalue weighted by atomic mass is 16.3. The molecule has 1 atom stereocenters. The number of piperazine rings is 1. The van der Waals surface area contributed by atoms with Gasteiger partial charge in [0.25, 0.3) is 0 Å². The number of aliphatic imine (C=N–C) groups is 1. The highest BCUT2D eigenvalue weighted by Crippen LogP contribution is 2.27. The second kappa shape index (κ2) is 8.07. The normalized spacial score (nSPS) is 16.9. The Bertz CT molecular complexity index is 952. The van der Waals surface area contributed by atoms with E-state index < -0.39 is 0 Å². The van der Waals surface area contributed by atoms with Crippen molar-refractivity contribution in [2.75, 3.05) is 31.1 Å². The molecule has 0 saturated carbocycles. The van der Waals surface area contributed by atoms with Gasteiger partial charge < -0.3 is 15.0 Å². The van der Waals surface area contributed by atoms with Crippen molar-refractivity contribution in [1.82, 2.24) is 9.88 Å². The molecular formula is C23H28N4O. The molecule has 0 spiro atoms. The molecule has 5 nitrogen and oxygen atoms in total. The number of nitrogens with zero attached hydrogens (tertiary/aromatic N) is 3. The van der Waals surface area contributed by atoms with Crippen molar-refractivity contribution < 1.29 is 5.11 Å². The Morgan fingerprint density at radius 2 is 1.79 bits per heavy atom. The Hall–Kier alpha value is -2.79. The van der Waals surface area contributed by atoms with Gasteiger partial charge in [0.1, 0.15) is 0 Å². The molecule has 3 aromatic rings. The van der Waals surface area contributed by atoms with E-state index in [2.05, 4.69) is 45.8 Å². The lowest BCUT2D eigenvalue weighted by atomic mass is 10.1. The molecule has 4 rings (SSSR count). The molecule has 2 heterocycles. The lowest BCUT2D eigenvalue weighted by Gasteiger charge is -2.39. The first-order valence-corrected chi connectivity index (χ1v) is 10.1. The van der Waals surface area contributed by atoms with E-state index in [0.717, 1.165) is 48.3 Å². The van der Waals surface area contributed by atoms with Crippen LogP contribution in [0.25, 0.3) is 10.9 Å². The summed E-state index contributed by atoms with van der Waals surface area (Å²) in [5, 5.41) is 11.1. The van der Waals surface area contributed by atoms with E-state index in [1.54, 1.807) is 6.21 Å². The number of anilines is 1. The first-order chi connectivity index (χ1) is 13.7. The fourth-order valence-corrected chi connectivity index (χ4v) is 3.85. The minimum atomic E-state index is 0.153. The van der Waals surface area contributed by atoms with Crippen LogP contribution >= 0.6 is 0 Å². The largest absolute Gasteiger partial charge is 0.494 e. The number of rotatable bonds is 5. The number of fused-ring (bicyclic) bond motifs is 1. The van der Waals surface area contributed by atoms with Crippen molar-refractivity contribution in [3.05, 3.63) is 54.1 Å². The van der Waals surface area contributed by atoms with Gasteiger partial charge in [0, 0.05) is 55.0 Å². The fraction of sp³-hybridized carbons (Fsp3) is 0.348. The fourth-order valence-electron chi connectivity index (χ4n) is 3.85. The van der Waals surface area contributed by atoms with Crippen LogP contribution in [-0.2, 0) is 0 Å². The van der Waals surface area contributed by atoms with Crippen molar-refractivity contribution in [2.45, 2.75) is 26.3 Å². The molecule has 1 aromatic heterocycles. The van der Waals surface area contributed by atoms with Gasteiger partial charge in [-0.1, -0.05) is 25.1 Å². The average Bonchev–Trinajstić information content (AvgIpc) is 3.07. The molecule has 146 valence electrons. The van der Waals surface area contributed by atoms with Gasteiger partial charge >= 0.3 is 0 Å². The Morgan fingerprint density at radius 3 is 2.50 bits per heavy atom. The maximum Gasteiger partial charge on any atom is 0.198 e. The zero-order valence-corrected chi connectivity index (χ0v) is 16.6. The van der Waals surface area contributed by atoms with Crippen LogP contribution in [0.15, 0.2) is 53.5 Å². The third kappa shape index (κ3) is 3.76. The molecule has 0 radical (unpaired) electrons. The summed E-state index contributed by atoms with van der Waals surface area (Å²) in [6, 6.07) is 16.9. The molecule has 1 saturated heterocycles. The van der Waals surface area contributed by atoms with E-state index in [4.69, 9.17) is 0 Å². The van der Waals surface area contributed by atoms with Gasteiger partial charge in [-0.2, -0.15) is 0 Å². The summed E-state index contributed by atoms with van der Waals surface area (Å²) >= 11 is 0. The molecule has 5 heteroatoms. The van der Waals surface area contributed by atoms with Gasteiger partial charge in [-0.15, -0.1) is 0 Å². The topological polar surface area (TPSA) is 54.9 Å². The Morgan fingerprint density at radius 1 is 1.07 bits per heavy atom. The molecule has 1 aliphatic heterocycles. The molecule has 1 fully saturated rings. The van der Waals surface area contributed by atoms with Gasteiger partial charge in [0.05, 0.1) is 11.3 Å². The summed E-state index contributed by atoms with van der Waals surface area (Å²) in [6.45, 7) is 8.94. The van der Waals surface area contributed by atoms with E-state index in [0.29, 0.717) is 6.04 Å². The summed E-state index contributed by atoms with van der Waals surface area (Å²) in [5.41, 5.74) is 3.76. The SMILES string of the molecule is CCC(C)N1CCN(c2ccc(N=Cc3c(O)[nH]c4ccccc34)cc2)CC1. The summed E-state index contributed by atoms with van der Waals surface area (Å²) in [4.78, 5) is 12.6. The second-order valence-electron chi connectivity index (χ2n) is 7.49. The Balaban J connectivity index is 1.44. The zero-order valence-electron chi connectivity index (χ0n) is 16.6. The number of hydrogen-bond acceptors (Lipinski definition) is 4. The molecule has 2 N–H and O–H groups in total. The summed E-state index contributed by atoms with van der Waals surface area (Å²) in [7, 11) is 0. The van der Waals surface area contributed by atoms with Crippen molar-refractivity contribution in [3.63, 3.8) is 0 Å². The van der Waals surface area contributed by atoms with Crippen LogP contribution in [0.1, 0.15) is 25.8 Å². The molecule has 0 aliphatic carbocycles. The predicted molar refractivity (Wildman–Crippen MR) is 117 cm³/mol. The quantitative estimate of drug-likeness (QED) is 0.643. The van der Waals surface area contributed by atoms with E-state index in [9.17, 15) is 5.11 Å². The summed E-state index contributed by atoms with van der Waals surface area (Å²) in [6.07, 6.45) is 2.94. The molecule has 1 unspecified atom stereocenters. The van der Waals surface area contributed by atoms with Crippen LogP contribution in [0.4, 0.5) is 11.4 Å². The Labute approximate surface area is 166 Å². The van der Waals surface area contributed by atoms with E-state index in [-0.39, 0.29) is 5.88 Å². The molecule has 2 aromatic carbocycles. The number of aromatic nitrogens is 1. The van der Waals surface area contributed by atoms with E-state index in [1.165, 1.54) is 12.1 Å². The zero-order chi connectivity index (χ0) is 19.5. The van der Waals surface area contributed by atoms with Gasteiger partial charge in [0.2, 0.25) is 0 Å². The van der Waals surface area contributed by atoms with Crippen molar-refractivity contribution >= 4 is 28.5 Å². The smallest absolute Gasteiger partial charge is 0.198 e. The predicted octanol–water partition coefficient (Wildman–Crippen LogP) is 4.54. The molecule has 28 heavy (non-hydrogen) atoms. The lowest BCUT2D eigenvalue weighted by molar-refractivity contribution is 0.193. The van der Waals surface area contributed by atoms with Gasteiger partial charge in [0.15, 0.2) is 5.88 Å². The van der Waals surface area contributed by atoms with Crippen molar-refractivity contribution in [3.8, 4) is 5.88 Å². The Kier molecular flexibility index (Phi) is 5.35. The number of aromatic amines is 1. The first-order valence-electron chi connectivity index (χ1n) is 10.1. The van der Waals surface area contributed by atoms with Crippen LogP contribution in [0.5, 0.6) is 5.88 Å². The highest BCUT2D eigenvalue weighted by Gasteiger charge is 2.20. The maximum absolute atomic E-state index is 10.1. The number of hydrogen-bond donors (Lipinski definition) is 2. The van der Waals surface area contributed by atoms with E-state index in [1.807, 2.05) is 36.4 Å². The summed E-state index contributed by atoms with van der Waals surface area (Å²) < 4.78 is 0. The number of aromatic hydroxyl groups is 1. The first kappa shape index (κ1) is 18.6. The minimum Gasteiger partial charge on any atom is -0.494 e. The van der Waals surface area contributed by atoms with Crippen LogP contribution in [0, 0.1) is 0 Å². The number of benzene rings is 2. The maximum atomic E-state index is 10.1. The monoisotopic (exact) mass is 376 g/mol. The number of para-hydroxylation sites is 1. The molecule has 1 aliphatic rings. The van der Waals surface area contributed by atoms with Crippen LogP contribution in [0.3, 0.4) is 0 Å². The van der Waals surface area contributed by atoms with Gasteiger partial charge in [-0.05, 0) is 43.7 Å². The summed E-state index contributed by atoms with van der Waals surface area (Å²) in [5.74, 6) is 0.153. The van der Waals surface area contributed by atoms with Gasteiger partial charge in [-0.25, -0.2) is 0 Å². The van der Waals surface area contributed by atoms with Crippen LogP contribution in [0.2, 0.25) is 0 Å². The molecule has 0 amide bonds. The van der Waals surface area contributed by atoms with Crippen LogP contribution in [-0.4, -0.2) is 53.4 Å². The van der Waals surface area contributed by atoms with Crippen LogP contribution < -0.4 is 4.90 Å². The number of H-pyrrole nitrogens is 1. The molecular weight excluding hydrogens is 348 g/mol. The third-order valence-electron chi connectivity index (χ3n) is 5.81. The third-order valence-corrected chi connectivity index (χ3v) is 5.81. The highest BCUT2D eigenvalue weighted by molar-refractivity contribution is 6.02. The second-order valence-corrected chi connectivity index (χ2v) is 7.49. The standard InChI is InChI=1S/C23H28N4O/c1-3-17(2)26-12-14-27(15-13-26)19-10-8-18(9-11-19)24-16-21-20-6-4-5-7-22(20)25-23(21)28/h4-11,16-17,25,28H,3,12-15H2,1-2H3. The average molecular weight is 377 g/mol. The van der Waals surface area contributed by atoms with Crippen molar-refractivity contribution in [2.24, 2.45) is 4.99 Å². The molecule has 0 bridgehead atoms. The minimum absolute atomic E-state index is 0.153.